The molecule has 0 spiro atoms. The van der Waals surface area contributed by atoms with E-state index in [-0.39, 0.29) is 36.8 Å². The molecule has 2 atom stereocenters. The summed E-state index contributed by atoms with van der Waals surface area (Å²) in [4.78, 5) is 30.2. The van der Waals surface area contributed by atoms with E-state index in [1.165, 1.54) is 17.0 Å². The molecule has 0 unspecified atom stereocenters. The molecular weight excluding hydrogens is 437 g/mol. The molecule has 0 saturated carbocycles. The number of aromatic nitrogens is 2. The van der Waals surface area contributed by atoms with Crippen molar-refractivity contribution in [2.45, 2.75) is 50.7 Å². The molecule has 3 heterocycles. The molecular formula is C25H34FN5O3. The van der Waals surface area contributed by atoms with Crippen LogP contribution in [-0.2, 0) is 22.5 Å². The number of aryl methyl sites for hydroxylation is 1. The lowest BCUT2D eigenvalue weighted by Gasteiger charge is -2.42. The lowest BCUT2D eigenvalue weighted by Crippen LogP contribution is -2.58. The molecule has 1 aromatic heterocycles. The van der Waals surface area contributed by atoms with Crippen LogP contribution in [0.1, 0.15) is 31.7 Å². The number of rotatable bonds is 10. The Balaban J connectivity index is 1.47. The van der Waals surface area contributed by atoms with E-state index in [4.69, 9.17) is 4.74 Å². The number of ether oxygens (including phenoxy) is 1. The molecule has 0 radical (unpaired) electrons. The average Bonchev–Trinajstić information content (AvgIpc) is 3.45. The highest BCUT2D eigenvalue weighted by Gasteiger charge is 2.55. The number of imide groups is 1. The third-order valence-electron chi connectivity index (χ3n) is 7.30. The van der Waals surface area contributed by atoms with Crippen molar-refractivity contribution < 1.29 is 18.7 Å². The van der Waals surface area contributed by atoms with Gasteiger partial charge in [-0.3, -0.25) is 14.4 Å². The number of likely N-dealkylation sites (tertiary alicyclic amines) is 1. The van der Waals surface area contributed by atoms with Crippen molar-refractivity contribution in [1.82, 2.24) is 24.9 Å². The Labute approximate surface area is 200 Å². The first-order chi connectivity index (χ1) is 16.4. The van der Waals surface area contributed by atoms with Gasteiger partial charge in [-0.25, -0.2) is 9.18 Å². The van der Waals surface area contributed by atoms with E-state index in [1.807, 2.05) is 16.9 Å². The van der Waals surface area contributed by atoms with E-state index < -0.39 is 5.54 Å². The summed E-state index contributed by atoms with van der Waals surface area (Å²) < 4.78 is 20.5. The number of amides is 3. The Kier molecular flexibility index (Phi) is 7.63. The van der Waals surface area contributed by atoms with Crippen LogP contribution in [0.15, 0.2) is 42.7 Å². The summed E-state index contributed by atoms with van der Waals surface area (Å²) in [6.07, 6.45) is 6.71. The zero-order valence-electron chi connectivity index (χ0n) is 20.0. The number of nitrogens with one attached hydrogen (secondary N) is 1. The third kappa shape index (κ3) is 5.15. The minimum Gasteiger partial charge on any atom is -0.383 e. The molecule has 34 heavy (non-hydrogen) atoms. The average molecular weight is 472 g/mol. The zero-order chi connectivity index (χ0) is 24.1. The predicted molar refractivity (Wildman–Crippen MR) is 126 cm³/mol. The van der Waals surface area contributed by atoms with Crippen LogP contribution in [0.2, 0.25) is 0 Å². The van der Waals surface area contributed by atoms with Crippen LogP contribution in [-0.4, -0.2) is 76.5 Å². The number of halogens is 1. The van der Waals surface area contributed by atoms with Gasteiger partial charge in [0.2, 0.25) is 0 Å². The number of carbonyl (C=O) groups is 2. The summed E-state index contributed by atoms with van der Waals surface area (Å²) in [7, 11) is 1.55. The maximum Gasteiger partial charge on any atom is 0.325 e. The molecule has 2 aliphatic rings. The Hall–Kier alpha value is -2.78. The van der Waals surface area contributed by atoms with Gasteiger partial charge in [0, 0.05) is 38.5 Å². The number of urea groups is 1. The van der Waals surface area contributed by atoms with E-state index in [0.717, 1.165) is 44.5 Å². The van der Waals surface area contributed by atoms with Crippen molar-refractivity contribution in [2.75, 3.05) is 33.4 Å². The molecule has 3 amide bonds. The molecule has 2 saturated heterocycles. The van der Waals surface area contributed by atoms with Crippen LogP contribution in [0.5, 0.6) is 0 Å². The molecule has 9 heteroatoms. The summed E-state index contributed by atoms with van der Waals surface area (Å²) in [5.74, 6) is -0.529. The standard InChI is InChI=1S/C25H34FN5O3/c1-19(8-15-30-12-3-11-27-30)29-13-9-21(10-14-29)25(18-20-4-6-22(26)7-5-20)23(32)31(16-17-34-2)24(33)28-25/h3-7,11-12,19,21H,8-10,13-18H2,1-2H3,(H,28,33)/t19-,25-/m1/s1. The second kappa shape index (κ2) is 10.7. The fourth-order valence-electron chi connectivity index (χ4n) is 5.26. The Bertz CT molecular complexity index is 959. The molecule has 4 rings (SSSR count). The minimum atomic E-state index is -1.02. The number of nitrogens with zero attached hydrogens (tertiary/aromatic N) is 4. The number of methoxy groups -OCH3 is 1. The summed E-state index contributed by atoms with van der Waals surface area (Å²) in [6, 6.07) is 8.14. The van der Waals surface area contributed by atoms with E-state index >= 15 is 0 Å². The number of carbonyl (C=O) groups excluding carboxylic acids is 2. The van der Waals surface area contributed by atoms with Crippen LogP contribution in [0, 0.1) is 11.7 Å². The predicted octanol–water partition coefficient (Wildman–Crippen LogP) is 2.69. The highest BCUT2D eigenvalue weighted by atomic mass is 19.1. The van der Waals surface area contributed by atoms with Gasteiger partial charge < -0.3 is 15.0 Å². The van der Waals surface area contributed by atoms with Gasteiger partial charge in [-0.05, 0) is 69.0 Å². The van der Waals surface area contributed by atoms with Crippen molar-refractivity contribution >= 4 is 11.9 Å². The van der Waals surface area contributed by atoms with E-state index in [9.17, 15) is 14.0 Å². The smallest absolute Gasteiger partial charge is 0.325 e. The summed E-state index contributed by atoms with van der Waals surface area (Å²) in [6.45, 7) is 5.32. The zero-order valence-corrected chi connectivity index (χ0v) is 20.0. The molecule has 1 aromatic carbocycles. The Morgan fingerprint density at radius 2 is 1.94 bits per heavy atom. The van der Waals surface area contributed by atoms with Gasteiger partial charge in [0.05, 0.1) is 13.2 Å². The van der Waals surface area contributed by atoms with Crippen LogP contribution in [0.4, 0.5) is 9.18 Å². The quantitative estimate of drug-likeness (QED) is 0.539. The van der Waals surface area contributed by atoms with Gasteiger partial charge in [0.25, 0.3) is 5.91 Å². The topological polar surface area (TPSA) is 79.7 Å². The summed E-state index contributed by atoms with van der Waals surface area (Å²) >= 11 is 0. The Morgan fingerprint density at radius 1 is 1.21 bits per heavy atom. The highest BCUT2D eigenvalue weighted by molar-refractivity contribution is 6.07. The van der Waals surface area contributed by atoms with Crippen molar-refractivity contribution in [3.63, 3.8) is 0 Å². The molecule has 2 fully saturated rings. The van der Waals surface area contributed by atoms with Gasteiger partial charge in [0.1, 0.15) is 11.4 Å². The van der Waals surface area contributed by atoms with Crippen LogP contribution < -0.4 is 5.32 Å². The molecule has 0 bridgehead atoms. The van der Waals surface area contributed by atoms with Gasteiger partial charge in [-0.2, -0.15) is 5.10 Å². The fraction of sp³-hybridized carbons (Fsp3) is 0.560. The molecule has 184 valence electrons. The number of hydrogen-bond acceptors (Lipinski definition) is 5. The molecule has 2 aliphatic heterocycles. The van der Waals surface area contributed by atoms with Gasteiger partial charge in [-0.15, -0.1) is 0 Å². The normalized spacial score (nSPS) is 22.9. The first-order valence-electron chi connectivity index (χ1n) is 12.0. The second-order valence-electron chi connectivity index (χ2n) is 9.37. The first kappa shape index (κ1) is 24.3. The fourth-order valence-corrected chi connectivity index (χ4v) is 5.26. The van der Waals surface area contributed by atoms with Crippen LogP contribution in [0.25, 0.3) is 0 Å². The van der Waals surface area contributed by atoms with Crippen LogP contribution >= 0.6 is 0 Å². The largest absolute Gasteiger partial charge is 0.383 e. The van der Waals surface area contributed by atoms with Crippen molar-refractivity contribution in [3.05, 3.63) is 54.1 Å². The van der Waals surface area contributed by atoms with Crippen molar-refractivity contribution in [3.8, 4) is 0 Å². The maximum absolute atomic E-state index is 13.7. The SMILES string of the molecule is COCCN1C(=O)N[C@](Cc2ccc(F)cc2)(C2CCN([C@H](C)CCn3cccn3)CC2)C1=O. The van der Waals surface area contributed by atoms with E-state index in [0.29, 0.717) is 12.5 Å². The summed E-state index contributed by atoms with van der Waals surface area (Å²) in [5, 5.41) is 7.33. The minimum absolute atomic E-state index is 0.00360. The molecule has 0 aliphatic carbocycles. The number of benzene rings is 1. The second-order valence-corrected chi connectivity index (χ2v) is 9.37. The molecule has 1 N–H and O–H groups in total. The monoisotopic (exact) mass is 471 g/mol. The lowest BCUT2D eigenvalue weighted by molar-refractivity contribution is -0.134. The van der Waals surface area contributed by atoms with Gasteiger partial charge in [-0.1, -0.05) is 12.1 Å². The van der Waals surface area contributed by atoms with Gasteiger partial charge in [0.15, 0.2) is 0 Å². The molecule has 8 nitrogen and oxygen atoms in total. The van der Waals surface area contributed by atoms with Crippen LogP contribution in [0.3, 0.4) is 0 Å². The highest BCUT2D eigenvalue weighted by Crippen LogP contribution is 2.37. The third-order valence-corrected chi connectivity index (χ3v) is 7.30. The first-order valence-corrected chi connectivity index (χ1v) is 12.0. The maximum atomic E-state index is 13.7. The van der Waals surface area contributed by atoms with Crippen molar-refractivity contribution in [2.24, 2.45) is 5.92 Å². The summed E-state index contributed by atoms with van der Waals surface area (Å²) in [5.41, 5.74) is -0.189. The van der Waals surface area contributed by atoms with Crippen molar-refractivity contribution in [1.29, 1.82) is 0 Å². The Morgan fingerprint density at radius 3 is 2.59 bits per heavy atom. The van der Waals surface area contributed by atoms with E-state index in [2.05, 4.69) is 22.2 Å². The lowest BCUT2D eigenvalue weighted by atomic mass is 9.73. The van der Waals surface area contributed by atoms with E-state index in [1.54, 1.807) is 25.4 Å². The number of hydrogen-bond donors (Lipinski definition) is 1. The molecule has 2 aromatic rings. The van der Waals surface area contributed by atoms with Gasteiger partial charge >= 0.3 is 6.03 Å². The number of piperidine rings is 1.